The summed E-state index contributed by atoms with van der Waals surface area (Å²) < 4.78 is 60.6. The predicted octanol–water partition coefficient (Wildman–Crippen LogP) is 1.95. The summed E-state index contributed by atoms with van der Waals surface area (Å²) in [5.74, 6) is -0.949. The highest BCUT2D eigenvalue weighted by Crippen LogP contribution is 2.33. The van der Waals surface area contributed by atoms with Crippen LogP contribution in [0.25, 0.3) is 0 Å². The van der Waals surface area contributed by atoms with Crippen molar-refractivity contribution >= 4 is 21.4 Å². The monoisotopic (exact) mass is 320 g/mol. The van der Waals surface area contributed by atoms with Crippen LogP contribution in [0.4, 0.5) is 18.9 Å². The van der Waals surface area contributed by atoms with Gasteiger partial charge in [0.2, 0.25) is 5.91 Å². The summed E-state index contributed by atoms with van der Waals surface area (Å²) in [6, 6.07) is 3.99. The molecule has 1 amide bonds. The average molecular weight is 320 g/mol. The number of sulfone groups is 1. The maximum absolute atomic E-state index is 12.7. The third-order valence-electron chi connectivity index (χ3n) is 2.72. The fraction of sp³-hybridized carbons (Fsp3) is 0.333. The maximum atomic E-state index is 12.7. The molecule has 0 radical (unpaired) electrons. The van der Waals surface area contributed by atoms with Crippen molar-refractivity contribution in [1.82, 2.24) is 0 Å². The van der Waals surface area contributed by atoms with E-state index in [1.807, 2.05) is 0 Å². The number of carbonyl (C=O) groups is 1. The molecule has 0 aliphatic carbocycles. The molecular weight excluding hydrogens is 309 g/mol. The first-order valence-electron chi connectivity index (χ1n) is 5.58. The summed E-state index contributed by atoms with van der Waals surface area (Å²) in [7, 11) is -3.66. The Balaban J connectivity index is 3.13. The largest absolute Gasteiger partial charge is 0.417 e. The number of nitrogens with zero attached hydrogens (tertiary/aromatic N) is 1. The summed E-state index contributed by atoms with van der Waals surface area (Å²) in [5.41, 5.74) is -2.02. The lowest BCUT2D eigenvalue weighted by molar-refractivity contribution is -0.137. The number of halogens is 3. The molecule has 0 spiro atoms. The molecule has 0 heterocycles. The van der Waals surface area contributed by atoms with Crippen molar-refractivity contribution in [3.05, 3.63) is 29.3 Å². The number of benzene rings is 1. The SMILES string of the molecule is CC(C(=O)Nc1ccc(C#N)c(C(F)(F)F)c1)S(C)(=O)=O. The molecule has 0 bridgehead atoms. The van der Waals surface area contributed by atoms with E-state index in [0.29, 0.717) is 6.07 Å². The molecule has 1 atom stereocenters. The number of hydrogen-bond donors (Lipinski definition) is 1. The first-order valence-corrected chi connectivity index (χ1v) is 7.53. The minimum Gasteiger partial charge on any atom is -0.325 e. The zero-order valence-electron chi connectivity index (χ0n) is 11.0. The average Bonchev–Trinajstić information content (AvgIpc) is 2.35. The summed E-state index contributed by atoms with van der Waals surface area (Å²) in [4.78, 5) is 11.6. The van der Waals surface area contributed by atoms with Gasteiger partial charge >= 0.3 is 6.18 Å². The Morgan fingerprint density at radius 3 is 2.38 bits per heavy atom. The van der Waals surface area contributed by atoms with Gasteiger partial charge in [-0.1, -0.05) is 0 Å². The van der Waals surface area contributed by atoms with E-state index >= 15 is 0 Å². The highest BCUT2D eigenvalue weighted by molar-refractivity contribution is 7.92. The minimum absolute atomic E-state index is 0.234. The van der Waals surface area contributed by atoms with Crippen molar-refractivity contribution in [2.24, 2.45) is 0 Å². The molecule has 5 nitrogen and oxygen atoms in total. The van der Waals surface area contributed by atoms with Gasteiger partial charge in [-0.2, -0.15) is 18.4 Å². The summed E-state index contributed by atoms with van der Waals surface area (Å²) >= 11 is 0. The predicted molar refractivity (Wildman–Crippen MR) is 69.1 cm³/mol. The van der Waals surface area contributed by atoms with E-state index in [4.69, 9.17) is 5.26 Å². The Hall–Kier alpha value is -2.08. The normalized spacial score (nSPS) is 13.3. The van der Waals surface area contributed by atoms with Crippen molar-refractivity contribution in [1.29, 1.82) is 5.26 Å². The van der Waals surface area contributed by atoms with Gasteiger partial charge in [-0.05, 0) is 25.1 Å². The second-order valence-corrected chi connectivity index (χ2v) is 6.70. The van der Waals surface area contributed by atoms with Crippen LogP contribution >= 0.6 is 0 Å². The Morgan fingerprint density at radius 2 is 1.95 bits per heavy atom. The van der Waals surface area contributed by atoms with E-state index < -0.39 is 38.3 Å². The molecule has 0 saturated carbocycles. The van der Waals surface area contributed by atoms with Crippen LogP contribution in [0.1, 0.15) is 18.1 Å². The van der Waals surface area contributed by atoms with Crippen molar-refractivity contribution in [2.45, 2.75) is 18.3 Å². The Kier molecular flexibility index (Phi) is 4.63. The second-order valence-electron chi connectivity index (χ2n) is 4.33. The van der Waals surface area contributed by atoms with Gasteiger partial charge in [-0.3, -0.25) is 4.79 Å². The van der Waals surface area contributed by atoms with E-state index in [1.165, 1.54) is 6.07 Å². The van der Waals surface area contributed by atoms with Crippen molar-refractivity contribution in [3.8, 4) is 6.07 Å². The number of carbonyl (C=O) groups excluding carboxylic acids is 1. The molecular formula is C12H11F3N2O3S. The molecule has 1 aromatic carbocycles. The first kappa shape index (κ1) is 17.0. The van der Waals surface area contributed by atoms with E-state index in [-0.39, 0.29) is 5.69 Å². The molecule has 1 unspecified atom stereocenters. The molecule has 0 aliphatic heterocycles. The van der Waals surface area contributed by atoms with Gasteiger partial charge in [0, 0.05) is 11.9 Å². The Labute approximate surface area is 119 Å². The Morgan fingerprint density at radius 1 is 1.38 bits per heavy atom. The molecule has 0 aliphatic rings. The summed E-state index contributed by atoms with van der Waals surface area (Å²) in [6.07, 6.45) is -3.91. The zero-order chi connectivity index (χ0) is 16.4. The highest BCUT2D eigenvalue weighted by Gasteiger charge is 2.34. The summed E-state index contributed by atoms with van der Waals surface area (Å²) in [6.45, 7) is 1.12. The Bertz CT molecular complexity index is 705. The highest BCUT2D eigenvalue weighted by atomic mass is 32.2. The van der Waals surface area contributed by atoms with Crippen LogP contribution in [-0.4, -0.2) is 25.8 Å². The van der Waals surface area contributed by atoms with Crippen LogP contribution in [-0.2, 0) is 20.8 Å². The molecule has 1 rings (SSSR count). The molecule has 0 aromatic heterocycles. The number of nitrogens with one attached hydrogen (secondary N) is 1. The molecule has 0 fully saturated rings. The quantitative estimate of drug-likeness (QED) is 0.922. The minimum atomic E-state index is -4.76. The van der Waals surface area contributed by atoms with Crippen LogP contribution < -0.4 is 5.32 Å². The standard InChI is InChI=1S/C12H11F3N2O3S/c1-7(21(2,19)20)11(18)17-9-4-3-8(6-16)10(5-9)12(13,14)15/h3-5,7H,1-2H3,(H,17,18). The topological polar surface area (TPSA) is 87.0 Å². The number of anilines is 1. The number of alkyl halides is 3. The third-order valence-corrected chi connectivity index (χ3v) is 4.22. The van der Waals surface area contributed by atoms with E-state index in [0.717, 1.165) is 25.3 Å². The van der Waals surface area contributed by atoms with Crippen molar-refractivity contribution in [3.63, 3.8) is 0 Å². The smallest absolute Gasteiger partial charge is 0.325 e. The van der Waals surface area contributed by atoms with E-state index in [2.05, 4.69) is 5.32 Å². The van der Waals surface area contributed by atoms with Gasteiger partial charge in [0.05, 0.1) is 17.2 Å². The lowest BCUT2D eigenvalue weighted by atomic mass is 10.1. The molecule has 9 heteroatoms. The number of amides is 1. The van der Waals surface area contributed by atoms with Gasteiger partial charge in [0.15, 0.2) is 9.84 Å². The number of hydrogen-bond acceptors (Lipinski definition) is 4. The van der Waals surface area contributed by atoms with Crippen LogP contribution in [0.3, 0.4) is 0 Å². The van der Waals surface area contributed by atoms with Gasteiger partial charge in [0.1, 0.15) is 5.25 Å². The molecule has 114 valence electrons. The van der Waals surface area contributed by atoms with Crippen LogP contribution in [0.2, 0.25) is 0 Å². The lowest BCUT2D eigenvalue weighted by Crippen LogP contribution is -2.31. The molecule has 1 aromatic rings. The first-order chi connectivity index (χ1) is 9.46. The maximum Gasteiger partial charge on any atom is 0.417 e. The molecule has 1 N–H and O–H groups in total. The van der Waals surface area contributed by atoms with Gasteiger partial charge in [-0.25, -0.2) is 8.42 Å². The van der Waals surface area contributed by atoms with Crippen molar-refractivity contribution in [2.75, 3.05) is 11.6 Å². The number of rotatable bonds is 3. The molecule has 21 heavy (non-hydrogen) atoms. The van der Waals surface area contributed by atoms with Crippen LogP contribution in [0.15, 0.2) is 18.2 Å². The van der Waals surface area contributed by atoms with Crippen molar-refractivity contribution < 1.29 is 26.4 Å². The lowest BCUT2D eigenvalue weighted by Gasteiger charge is -2.13. The van der Waals surface area contributed by atoms with E-state index in [9.17, 15) is 26.4 Å². The second kappa shape index (κ2) is 5.73. The fourth-order valence-corrected chi connectivity index (χ4v) is 1.84. The van der Waals surface area contributed by atoms with Crippen LogP contribution in [0, 0.1) is 11.3 Å². The molecule has 0 saturated heterocycles. The van der Waals surface area contributed by atoms with Gasteiger partial charge < -0.3 is 5.32 Å². The third kappa shape index (κ3) is 4.19. The van der Waals surface area contributed by atoms with Crippen LogP contribution in [0.5, 0.6) is 0 Å². The van der Waals surface area contributed by atoms with E-state index in [1.54, 1.807) is 0 Å². The summed E-state index contributed by atoms with van der Waals surface area (Å²) in [5, 5.41) is 9.32. The van der Waals surface area contributed by atoms with Gasteiger partial charge in [0.25, 0.3) is 0 Å². The fourth-order valence-electron chi connectivity index (χ4n) is 1.39. The number of nitriles is 1. The van der Waals surface area contributed by atoms with Gasteiger partial charge in [-0.15, -0.1) is 0 Å². The zero-order valence-corrected chi connectivity index (χ0v) is 11.8.